The molecule has 4 nitrogen and oxygen atoms in total. The number of nitrogens with two attached hydrogens (primary N) is 1. The monoisotopic (exact) mass is 224 g/mol. The molecule has 0 unspecified atom stereocenters. The number of hydrogen-bond donors (Lipinski definition) is 1. The van der Waals surface area contributed by atoms with Gasteiger partial charge in [0.25, 0.3) is 0 Å². The number of fused-ring (bicyclic) bond motifs is 1. The first-order valence-corrected chi connectivity index (χ1v) is 5.48. The maximum atomic E-state index is 5.75. The van der Waals surface area contributed by atoms with Crippen LogP contribution in [0.3, 0.4) is 0 Å². The van der Waals surface area contributed by atoms with Crippen LogP contribution in [-0.4, -0.2) is 14.6 Å². The van der Waals surface area contributed by atoms with E-state index in [1.54, 1.807) is 0 Å². The van der Waals surface area contributed by atoms with E-state index in [1.807, 2.05) is 52.9 Å². The first kappa shape index (κ1) is 9.99. The molecule has 0 spiro atoms. The zero-order valence-electron chi connectivity index (χ0n) is 9.24. The highest BCUT2D eigenvalue weighted by atomic mass is 15.3. The van der Waals surface area contributed by atoms with E-state index in [0.717, 1.165) is 22.7 Å². The normalized spacial score (nSPS) is 10.9. The second-order valence-electron chi connectivity index (χ2n) is 3.80. The first-order valence-electron chi connectivity index (χ1n) is 5.48. The van der Waals surface area contributed by atoms with Crippen molar-refractivity contribution in [2.45, 2.75) is 6.54 Å². The third kappa shape index (κ3) is 1.59. The number of benzene rings is 1. The van der Waals surface area contributed by atoms with Crippen LogP contribution in [0.4, 0.5) is 0 Å². The average Bonchev–Trinajstić information content (AvgIpc) is 2.83. The zero-order chi connectivity index (χ0) is 11.7. The highest BCUT2D eigenvalue weighted by molar-refractivity contribution is 5.59. The van der Waals surface area contributed by atoms with Gasteiger partial charge >= 0.3 is 0 Å². The Morgan fingerprint density at radius 2 is 1.76 bits per heavy atom. The van der Waals surface area contributed by atoms with Gasteiger partial charge in [0, 0.05) is 17.8 Å². The Labute approximate surface area is 98.7 Å². The van der Waals surface area contributed by atoms with Gasteiger partial charge in [0.15, 0.2) is 11.5 Å². The van der Waals surface area contributed by atoms with Crippen molar-refractivity contribution in [1.82, 2.24) is 14.6 Å². The van der Waals surface area contributed by atoms with Crippen LogP contribution in [0.25, 0.3) is 17.0 Å². The molecule has 0 atom stereocenters. The van der Waals surface area contributed by atoms with Crippen molar-refractivity contribution in [3.05, 3.63) is 54.2 Å². The van der Waals surface area contributed by atoms with Crippen molar-refractivity contribution in [2.75, 3.05) is 0 Å². The van der Waals surface area contributed by atoms with Crippen LogP contribution in [0.15, 0.2) is 48.5 Å². The van der Waals surface area contributed by atoms with Crippen molar-refractivity contribution < 1.29 is 0 Å². The fourth-order valence-electron chi connectivity index (χ4n) is 1.94. The average molecular weight is 224 g/mol. The summed E-state index contributed by atoms with van der Waals surface area (Å²) in [5.41, 5.74) is 8.62. The molecule has 0 saturated carbocycles. The number of aromatic nitrogens is 3. The molecule has 4 heteroatoms. The number of pyridine rings is 1. The van der Waals surface area contributed by atoms with E-state index in [-0.39, 0.29) is 0 Å². The minimum atomic E-state index is 0.467. The molecule has 0 aliphatic heterocycles. The molecule has 0 fully saturated rings. The molecule has 3 rings (SSSR count). The Morgan fingerprint density at radius 1 is 0.941 bits per heavy atom. The molecule has 0 aliphatic rings. The van der Waals surface area contributed by atoms with Gasteiger partial charge in [-0.15, -0.1) is 10.2 Å². The van der Waals surface area contributed by atoms with Crippen molar-refractivity contribution >= 4 is 5.65 Å². The molecule has 1 aromatic carbocycles. The third-order valence-corrected chi connectivity index (χ3v) is 2.75. The highest BCUT2D eigenvalue weighted by Gasteiger charge is 2.09. The fraction of sp³-hybridized carbons (Fsp3) is 0.0769. The molecule has 0 amide bonds. The van der Waals surface area contributed by atoms with Gasteiger partial charge in [-0.2, -0.15) is 0 Å². The Bertz CT molecular complexity index is 643. The van der Waals surface area contributed by atoms with Crippen molar-refractivity contribution in [2.24, 2.45) is 5.73 Å². The molecule has 0 radical (unpaired) electrons. The quantitative estimate of drug-likeness (QED) is 0.722. The summed E-state index contributed by atoms with van der Waals surface area (Å²) in [6.07, 6.45) is 0. The van der Waals surface area contributed by atoms with Gasteiger partial charge in [0.05, 0.1) is 0 Å². The maximum Gasteiger partial charge on any atom is 0.168 e. The summed E-state index contributed by atoms with van der Waals surface area (Å²) in [6.45, 7) is 0.467. The Hall–Kier alpha value is -2.20. The van der Waals surface area contributed by atoms with Crippen LogP contribution in [0, 0.1) is 0 Å². The van der Waals surface area contributed by atoms with Crippen molar-refractivity contribution in [1.29, 1.82) is 0 Å². The lowest BCUT2D eigenvalue weighted by atomic mass is 10.2. The van der Waals surface area contributed by atoms with Gasteiger partial charge in [-0.25, -0.2) is 0 Å². The molecule has 3 aromatic rings. The van der Waals surface area contributed by atoms with Crippen LogP contribution in [0.2, 0.25) is 0 Å². The van der Waals surface area contributed by atoms with Crippen molar-refractivity contribution in [3.8, 4) is 11.4 Å². The SMILES string of the molecule is NCc1cccc2nnc(-c3ccccc3)n12. The van der Waals surface area contributed by atoms with E-state index < -0.39 is 0 Å². The highest BCUT2D eigenvalue weighted by Crippen LogP contribution is 2.19. The summed E-state index contributed by atoms with van der Waals surface area (Å²) in [5.74, 6) is 0.835. The molecular weight excluding hydrogens is 212 g/mol. The van der Waals surface area contributed by atoms with Gasteiger partial charge < -0.3 is 5.73 Å². The lowest BCUT2D eigenvalue weighted by Crippen LogP contribution is -2.04. The van der Waals surface area contributed by atoms with Crippen LogP contribution in [0.5, 0.6) is 0 Å². The summed E-state index contributed by atoms with van der Waals surface area (Å²) in [6, 6.07) is 15.9. The summed E-state index contributed by atoms with van der Waals surface area (Å²) in [5, 5.41) is 8.39. The predicted octanol–water partition coefficient (Wildman–Crippen LogP) is 1.85. The second-order valence-corrected chi connectivity index (χ2v) is 3.80. The molecule has 2 heterocycles. The van der Waals surface area contributed by atoms with Crippen LogP contribution >= 0.6 is 0 Å². The predicted molar refractivity (Wildman–Crippen MR) is 66.3 cm³/mol. The molecule has 0 bridgehead atoms. The molecule has 0 aliphatic carbocycles. The smallest absolute Gasteiger partial charge is 0.168 e. The summed E-state index contributed by atoms with van der Waals surface area (Å²) < 4.78 is 2.00. The van der Waals surface area contributed by atoms with Gasteiger partial charge in [-0.3, -0.25) is 4.40 Å². The van der Waals surface area contributed by atoms with Crippen LogP contribution < -0.4 is 5.73 Å². The lowest BCUT2D eigenvalue weighted by molar-refractivity contribution is 0.946. The van der Waals surface area contributed by atoms with Gasteiger partial charge in [-0.05, 0) is 12.1 Å². The van der Waals surface area contributed by atoms with E-state index in [9.17, 15) is 0 Å². The largest absolute Gasteiger partial charge is 0.325 e. The van der Waals surface area contributed by atoms with Crippen LogP contribution in [-0.2, 0) is 6.54 Å². The Kier molecular flexibility index (Phi) is 2.34. The Balaban J connectivity index is 2.31. The summed E-state index contributed by atoms with van der Waals surface area (Å²) in [7, 11) is 0. The topological polar surface area (TPSA) is 56.2 Å². The minimum absolute atomic E-state index is 0.467. The van der Waals surface area contributed by atoms with E-state index in [0.29, 0.717) is 6.54 Å². The van der Waals surface area contributed by atoms with Crippen LogP contribution in [0.1, 0.15) is 5.69 Å². The van der Waals surface area contributed by atoms with E-state index in [2.05, 4.69) is 10.2 Å². The number of hydrogen-bond acceptors (Lipinski definition) is 3. The minimum Gasteiger partial charge on any atom is -0.325 e. The van der Waals surface area contributed by atoms with Gasteiger partial charge in [-0.1, -0.05) is 36.4 Å². The number of nitrogens with zero attached hydrogens (tertiary/aromatic N) is 3. The fourth-order valence-corrected chi connectivity index (χ4v) is 1.94. The number of rotatable bonds is 2. The lowest BCUT2D eigenvalue weighted by Gasteiger charge is -2.05. The van der Waals surface area contributed by atoms with Gasteiger partial charge in [0.1, 0.15) is 0 Å². The molecular formula is C13H12N4. The zero-order valence-corrected chi connectivity index (χ0v) is 9.24. The van der Waals surface area contributed by atoms with Gasteiger partial charge in [0.2, 0.25) is 0 Å². The second kappa shape index (κ2) is 3.99. The molecule has 84 valence electrons. The Morgan fingerprint density at radius 3 is 2.53 bits per heavy atom. The van der Waals surface area contributed by atoms with Crippen molar-refractivity contribution in [3.63, 3.8) is 0 Å². The molecule has 0 saturated heterocycles. The summed E-state index contributed by atoms with van der Waals surface area (Å²) in [4.78, 5) is 0. The molecule has 17 heavy (non-hydrogen) atoms. The maximum absolute atomic E-state index is 5.75. The molecule has 2 aromatic heterocycles. The third-order valence-electron chi connectivity index (χ3n) is 2.75. The first-order chi connectivity index (χ1) is 8.40. The molecule has 2 N–H and O–H groups in total. The standard InChI is InChI=1S/C13H12N4/c14-9-11-7-4-8-12-15-16-13(17(11)12)10-5-2-1-3-6-10/h1-8H,9,14H2. The summed E-state index contributed by atoms with van der Waals surface area (Å²) >= 11 is 0. The van der Waals surface area contributed by atoms with E-state index in [1.165, 1.54) is 0 Å². The van der Waals surface area contributed by atoms with E-state index >= 15 is 0 Å². The van der Waals surface area contributed by atoms with E-state index in [4.69, 9.17) is 5.73 Å².